The molecule has 0 amide bonds. The van der Waals surface area contributed by atoms with Crippen LogP contribution in [0.5, 0.6) is 0 Å². The van der Waals surface area contributed by atoms with Crippen LogP contribution in [0.2, 0.25) is 0 Å². The Bertz CT molecular complexity index is 455. The van der Waals surface area contributed by atoms with Gasteiger partial charge in [0.1, 0.15) is 5.82 Å². The number of aryl methyl sites for hydroxylation is 2. The summed E-state index contributed by atoms with van der Waals surface area (Å²) in [6.45, 7) is 4.37. The Morgan fingerprint density at radius 2 is 2.16 bits per heavy atom. The van der Waals surface area contributed by atoms with E-state index in [0.717, 1.165) is 18.8 Å². The number of ether oxygens (including phenoxy) is 1. The number of nitrogens with two attached hydrogens (primary N) is 1. The number of nitrogens with zero attached hydrogens (tertiary/aromatic N) is 3. The van der Waals surface area contributed by atoms with Crippen LogP contribution in [0, 0.1) is 6.92 Å². The Hall–Kier alpha value is -1.07. The molecule has 1 saturated heterocycles. The van der Waals surface area contributed by atoms with Gasteiger partial charge in [0.25, 0.3) is 0 Å². The summed E-state index contributed by atoms with van der Waals surface area (Å²) in [6.07, 6.45) is 5.40. The Morgan fingerprint density at radius 3 is 2.95 bits per heavy atom. The Balaban J connectivity index is 1.96. The van der Waals surface area contributed by atoms with Gasteiger partial charge in [-0.1, -0.05) is 12.8 Å². The second-order valence-corrected chi connectivity index (χ2v) is 5.67. The summed E-state index contributed by atoms with van der Waals surface area (Å²) in [7, 11) is 2.02. The highest BCUT2D eigenvalue weighted by atomic mass is 16.5. The molecule has 1 aromatic heterocycles. The molecular weight excluding hydrogens is 240 g/mol. The van der Waals surface area contributed by atoms with Gasteiger partial charge in [-0.15, -0.1) is 0 Å². The fourth-order valence-electron chi connectivity index (χ4n) is 3.65. The highest BCUT2D eigenvalue weighted by Gasteiger charge is 2.36. The van der Waals surface area contributed by atoms with Crippen molar-refractivity contribution < 1.29 is 4.74 Å². The lowest BCUT2D eigenvalue weighted by Gasteiger charge is -2.45. The third-order valence-corrected chi connectivity index (χ3v) is 4.52. The zero-order valence-corrected chi connectivity index (χ0v) is 11.9. The Morgan fingerprint density at radius 1 is 1.37 bits per heavy atom. The van der Waals surface area contributed by atoms with Crippen molar-refractivity contribution in [1.82, 2.24) is 9.78 Å². The van der Waals surface area contributed by atoms with Crippen LogP contribution >= 0.6 is 0 Å². The van der Waals surface area contributed by atoms with E-state index >= 15 is 0 Å². The van der Waals surface area contributed by atoms with Gasteiger partial charge in [0.15, 0.2) is 0 Å². The normalized spacial score (nSPS) is 27.4. The lowest BCUT2D eigenvalue weighted by atomic mass is 9.90. The summed E-state index contributed by atoms with van der Waals surface area (Å²) in [5, 5.41) is 4.55. The van der Waals surface area contributed by atoms with Crippen LogP contribution in [-0.4, -0.2) is 35.1 Å². The number of anilines is 1. The number of rotatable bonds is 2. The maximum Gasteiger partial charge on any atom is 0.131 e. The van der Waals surface area contributed by atoms with Crippen LogP contribution in [-0.2, 0) is 18.3 Å². The minimum absolute atomic E-state index is 0.392. The van der Waals surface area contributed by atoms with E-state index in [9.17, 15) is 0 Å². The quantitative estimate of drug-likeness (QED) is 0.875. The first-order chi connectivity index (χ1) is 9.22. The molecule has 19 heavy (non-hydrogen) atoms. The molecule has 1 aromatic rings. The molecule has 2 unspecified atom stereocenters. The minimum Gasteiger partial charge on any atom is -0.374 e. The first-order valence-electron chi connectivity index (χ1n) is 7.33. The Kier molecular flexibility index (Phi) is 3.50. The van der Waals surface area contributed by atoms with Gasteiger partial charge in [-0.25, -0.2) is 0 Å². The molecule has 0 radical (unpaired) electrons. The van der Waals surface area contributed by atoms with Crippen molar-refractivity contribution in [2.24, 2.45) is 12.8 Å². The van der Waals surface area contributed by atoms with Gasteiger partial charge in [0, 0.05) is 25.7 Å². The van der Waals surface area contributed by atoms with E-state index in [1.807, 2.05) is 18.7 Å². The molecule has 2 fully saturated rings. The van der Waals surface area contributed by atoms with Crippen molar-refractivity contribution in [3.05, 3.63) is 11.3 Å². The minimum atomic E-state index is 0.392. The number of morpholine rings is 1. The van der Waals surface area contributed by atoms with E-state index in [1.54, 1.807) is 0 Å². The van der Waals surface area contributed by atoms with Crippen molar-refractivity contribution in [3.8, 4) is 0 Å². The summed E-state index contributed by atoms with van der Waals surface area (Å²) in [6, 6.07) is 0.502. The monoisotopic (exact) mass is 264 g/mol. The predicted molar refractivity (Wildman–Crippen MR) is 75.2 cm³/mol. The van der Waals surface area contributed by atoms with Crippen molar-refractivity contribution in [2.45, 2.75) is 51.3 Å². The fourth-order valence-corrected chi connectivity index (χ4v) is 3.65. The molecule has 2 heterocycles. The van der Waals surface area contributed by atoms with Gasteiger partial charge in [0.05, 0.1) is 24.4 Å². The number of fused-ring (bicyclic) bond motifs is 1. The number of hydrogen-bond acceptors (Lipinski definition) is 4. The smallest absolute Gasteiger partial charge is 0.131 e. The summed E-state index contributed by atoms with van der Waals surface area (Å²) in [5.74, 6) is 1.21. The molecule has 1 aliphatic heterocycles. The van der Waals surface area contributed by atoms with Crippen LogP contribution < -0.4 is 10.6 Å². The van der Waals surface area contributed by atoms with Crippen molar-refractivity contribution in [2.75, 3.05) is 18.1 Å². The SMILES string of the molecule is Cc1nn(C)c(N2CCOC3CCCCC32)c1CN. The highest BCUT2D eigenvalue weighted by Crippen LogP contribution is 2.34. The molecule has 5 heteroatoms. The Labute approximate surface area is 114 Å². The van der Waals surface area contributed by atoms with Crippen molar-refractivity contribution >= 4 is 5.82 Å². The van der Waals surface area contributed by atoms with Gasteiger partial charge in [-0.3, -0.25) is 4.68 Å². The summed E-state index contributed by atoms with van der Waals surface area (Å²) in [5.41, 5.74) is 8.17. The van der Waals surface area contributed by atoms with E-state index in [4.69, 9.17) is 10.5 Å². The van der Waals surface area contributed by atoms with Crippen LogP contribution in [0.15, 0.2) is 0 Å². The first-order valence-corrected chi connectivity index (χ1v) is 7.33. The summed E-state index contributed by atoms with van der Waals surface area (Å²) >= 11 is 0. The maximum absolute atomic E-state index is 5.95. The molecule has 0 bridgehead atoms. The molecule has 0 spiro atoms. The molecule has 2 N–H and O–H groups in total. The standard InChI is InChI=1S/C14H24N4O/c1-10-11(9-15)14(17(2)16-10)18-7-8-19-13-6-4-3-5-12(13)18/h12-13H,3-9,15H2,1-2H3. The molecule has 2 atom stereocenters. The number of aromatic nitrogens is 2. The number of hydrogen-bond donors (Lipinski definition) is 1. The summed E-state index contributed by atoms with van der Waals surface area (Å²) < 4.78 is 7.95. The van der Waals surface area contributed by atoms with E-state index in [0.29, 0.717) is 18.7 Å². The van der Waals surface area contributed by atoms with E-state index in [2.05, 4.69) is 10.00 Å². The lowest BCUT2D eigenvalue weighted by Crippen LogP contribution is -2.53. The van der Waals surface area contributed by atoms with E-state index < -0.39 is 0 Å². The van der Waals surface area contributed by atoms with Crippen molar-refractivity contribution in [3.63, 3.8) is 0 Å². The van der Waals surface area contributed by atoms with E-state index in [-0.39, 0.29) is 0 Å². The molecule has 1 aliphatic carbocycles. The lowest BCUT2D eigenvalue weighted by molar-refractivity contribution is -0.00929. The van der Waals surface area contributed by atoms with Crippen LogP contribution in [0.4, 0.5) is 5.82 Å². The van der Waals surface area contributed by atoms with E-state index in [1.165, 1.54) is 37.1 Å². The first kappa shape index (κ1) is 12.9. The zero-order chi connectivity index (χ0) is 13.4. The average molecular weight is 264 g/mol. The molecular formula is C14H24N4O. The van der Waals surface area contributed by atoms with Crippen LogP contribution in [0.1, 0.15) is 36.9 Å². The molecule has 106 valence electrons. The third-order valence-electron chi connectivity index (χ3n) is 4.52. The van der Waals surface area contributed by atoms with Crippen LogP contribution in [0.3, 0.4) is 0 Å². The largest absolute Gasteiger partial charge is 0.374 e. The van der Waals surface area contributed by atoms with Gasteiger partial charge >= 0.3 is 0 Å². The predicted octanol–water partition coefficient (Wildman–Crippen LogP) is 1.34. The van der Waals surface area contributed by atoms with Crippen molar-refractivity contribution in [1.29, 1.82) is 0 Å². The highest BCUT2D eigenvalue weighted by molar-refractivity contribution is 5.51. The fraction of sp³-hybridized carbons (Fsp3) is 0.786. The second kappa shape index (κ2) is 5.13. The van der Waals surface area contributed by atoms with Gasteiger partial charge in [0.2, 0.25) is 0 Å². The molecule has 2 aliphatic rings. The second-order valence-electron chi connectivity index (χ2n) is 5.67. The maximum atomic E-state index is 5.95. The van der Waals surface area contributed by atoms with Gasteiger partial charge < -0.3 is 15.4 Å². The average Bonchev–Trinajstić information content (AvgIpc) is 2.72. The van der Waals surface area contributed by atoms with Gasteiger partial charge in [-0.2, -0.15) is 5.10 Å². The topological polar surface area (TPSA) is 56.3 Å². The third kappa shape index (κ3) is 2.15. The van der Waals surface area contributed by atoms with Crippen LogP contribution in [0.25, 0.3) is 0 Å². The molecule has 1 saturated carbocycles. The summed E-state index contributed by atoms with van der Waals surface area (Å²) in [4.78, 5) is 2.50. The zero-order valence-electron chi connectivity index (χ0n) is 11.9. The van der Waals surface area contributed by atoms with Gasteiger partial charge in [-0.05, 0) is 19.8 Å². The molecule has 3 rings (SSSR count). The molecule has 0 aromatic carbocycles. The molecule has 5 nitrogen and oxygen atoms in total.